The summed E-state index contributed by atoms with van der Waals surface area (Å²) in [7, 11) is 0. The zero-order chi connectivity index (χ0) is 11.5. The molecular weight excluding hydrogens is 209 g/mol. The lowest BCUT2D eigenvalue weighted by Crippen LogP contribution is -2.25. The van der Waals surface area contributed by atoms with Crippen LogP contribution >= 0.6 is 0 Å². The van der Waals surface area contributed by atoms with E-state index in [1.54, 1.807) is 31.2 Å². The van der Waals surface area contributed by atoms with E-state index in [9.17, 15) is 18.0 Å². The van der Waals surface area contributed by atoms with E-state index in [1.165, 1.54) is 0 Å². The molecular formula is C10H9F3O2. The molecule has 1 aromatic rings. The number of hydrogen-bond acceptors (Lipinski definition) is 2. The van der Waals surface area contributed by atoms with Gasteiger partial charge in [0.1, 0.15) is 6.61 Å². The second-order valence-corrected chi connectivity index (χ2v) is 3.00. The summed E-state index contributed by atoms with van der Waals surface area (Å²) in [6.45, 7) is 1.38. The van der Waals surface area contributed by atoms with Crippen LogP contribution in [-0.2, 0) is 16.1 Å². The summed E-state index contributed by atoms with van der Waals surface area (Å²) in [6, 6.07) is 6.77. The van der Waals surface area contributed by atoms with Gasteiger partial charge in [0.15, 0.2) is 0 Å². The molecule has 0 aliphatic heterocycles. The molecule has 5 heteroatoms. The van der Waals surface area contributed by atoms with Crippen molar-refractivity contribution in [3.8, 4) is 0 Å². The van der Waals surface area contributed by atoms with E-state index in [0.29, 0.717) is 5.56 Å². The first kappa shape index (κ1) is 11.6. The Morgan fingerprint density at radius 1 is 1.33 bits per heavy atom. The average molecular weight is 218 g/mol. The van der Waals surface area contributed by atoms with Gasteiger partial charge in [-0.25, -0.2) is 4.79 Å². The van der Waals surface area contributed by atoms with Gasteiger partial charge in [0, 0.05) is 0 Å². The third-order valence-corrected chi connectivity index (χ3v) is 1.85. The highest BCUT2D eigenvalue weighted by atomic mass is 19.4. The van der Waals surface area contributed by atoms with Gasteiger partial charge in [-0.05, 0) is 18.1 Å². The highest BCUT2D eigenvalue weighted by molar-refractivity contribution is 5.75. The van der Waals surface area contributed by atoms with E-state index in [0.717, 1.165) is 5.56 Å². The summed E-state index contributed by atoms with van der Waals surface area (Å²) in [5, 5.41) is 0. The van der Waals surface area contributed by atoms with Crippen LogP contribution in [-0.4, -0.2) is 12.1 Å². The smallest absolute Gasteiger partial charge is 0.454 e. The number of aryl methyl sites for hydroxylation is 1. The Kier molecular flexibility index (Phi) is 3.34. The van der Waals surface area contributed by atoms with Crippen LogP contribution in [0.3, 0.4) is 0 Å². The normalized spacial score (nSPS) is 11.2. The fourth-order valence-corrected chi connectivity index (χ4v) is 0.997. The maximum atomic E-state index is 11.8. The minimum absolute atomic E-state index is 0.356. The fraction of sp³-hybridized carbons (Fsp3) is 0.300. The molecule has 0 bridgehead atoms. The molecule has 0 amide bonds. The van der Waals surface area contributed by atoms with Crippen molar-refractivity contribution in [1.29, 1.82) is 0 Å². The number of ether oxygens (including phenoxy) is 1. The molecule has 0 radical (unpaired) electrons. The Hall–Kier alpha value is -1.52. The molecule has 0 aromatic heterocycles. The molecule has 2 nitrogen and oxygen atoms in total. The zero-order valence-corrected chi connectivity index (χ0v) is 7.97. The predicted octanol–water partition coefficient (Wildman–Crippen LogP) is 2.60. The minimum atomic E-state index is -4.93. The van der Waals surface area contributed by atoms with Crippen LogP contribution in [0.25, 0.3) is 0 Å². The highest BCUT2D eigenvalue weighted by Crippen LogP contribution is 2.18. The summed E-state index contributed by atoms with van der Waals surface area (Å²) in [5.41, 5.74) is 1.35. The van der Waals surface area contributed by atoms with Crippen LogP contribution in [0, 0.1) is 6.92 Å². The van der Waals surface area contributed by atoms with Crippen molar-refractivity contribution in [2.24, 2.45) is 0 Å². The molecule has 0 aliphatic rings. The van der Waals surface area contributed by atoms with Gasteiger partial charge >= 0.3 is 12.1 Å². The maximum absolute atomic E-state index is 11.8. The van der Waals surface area contributed by atoms with Crippen molar-refractivity contribution in [2.45, 2.75) is 19.7 Å². The number of esters is 1. The number of rotatable bonds is 2. The highest BCUT2D eigenvalue weighted by Gasteiger charge is 2.40. The Labute approximate surface area is 84.7 Å². The van der Waals surface area contributed by atoms with Crippen LogP contribution in [0.4, 0.5) is 13.2 Å². The third kappa shape index (κ3) is 3.27. The Morgan fingerprint density at radius 3 is 2.47 bits per heavy atom. The summed E-state index contributed by atoms with van der Waals surface area (Å²) in [4.78, 5) is 10.4. The number of halogens is 3. The monoisotopic (exact) mass is 218 g/mol. The molecule has 0 spiro atoms. The van der Waals surface area contributed by atoms with Gasteiger partial charge in [0.2, 0.25) is 0 Å². The predicted molar refractivity (Wildman–Crippen MR) is 47.0 cm³/mol. The van der Waals surface area contributed by atoms with E-state index >= 15 is 0 Å². The van der Waals surface area contributed by atoms with Gasteiger partial charge in [-0.15, -0.1) is 0 Å². The van der Waals surface area contributed by atoms with Crippen LogP contribution in [0.2, 0.25) is 0 Å². The van der Waals surface area contributed by atoms with Crippen LogP contribution in [0.5, 0.6) is 0 Å². The summed E-state index contributed by atoms with van der Waals surface area (Å²) in [5.74, 6) is -2.16. The lowest BCUT2D eigenvalue weighted by Gasteiger charge is -2.08. The quantitative estimate of drug-likeness (QED) is 0.713. The number of benzene rings is 1. The first-order valence-electron chi connectivity index (χ1n) is 4.19. The van der Waals surface area contributed by atoms with Gasteiger partial charge in [-0.1, -0.05) is 24.3 Å². The van der Waals surface area contributed by atoms with Crippen LogP contribution in [0.1, 0.15) is 11.1 Å². The Bertz CT molecular complexity index is 358. The number of carbonyl (C=O) groups is 1. The second-order valence-electron chi connectivity index (χ2n) is 3.00. The first-order valence-corrected chi connectivity index (χ1v) is 4.19. The van der Waals surface area contributed by atoms with Crippen LogP contribution < -0.4 is 0 Å². The van der Waals surface area contributed by atoms with E-state index in [1.807, 2.05) is 0 Å². The number of carbonyl (C=O) groups excluding carboxylic acids is 1. The summed E-state index contributed by atoms with van der Waals surface area (Å²) < 4.78 is 39.4. The number of hydrogen-bond donors (Lipinski definition) is 0. The standard InChI is InChI=1S/C10H9F3O2/c1-7-4-2-3-5-8(7)6-15-9(14)10(11,12)13/h2-5H,6H2,1H3. The molecule has 15 heavy (non-hydrogen) atoms. The third-order valence-electron chi connectivity index (χ3n) is 1.85. The molecule has 0 atom stereocenters. The van der Waals surface area contributed by atoms with E-state index < -0.39 is 12.1 Å². The Morgan fingerprint density at radius 2 is 1.93 bits per heavy atom. The Balaban J connectivity index is 2.59. The molecule has 1 aromatic carbocycles. The summed E-state index contributed by atoms with van der Waals surface area (Å²) in [6.07, 6.45) is -4.93. The molecule has 0 saturated carbocycles. The molecule has 1 rings (SSSR count). The molecule has 0 saturated heterocycles. The van der Waals surface area contributed by atoms with Crippen molar-refractivity contribution in [1.82, 2.24) is 0 Å². The topological polar surface area (TPSA) is 26.3 Å². The second kappa shape index (κ2) is 4.33. The zero-order valence-electron chi connectivity index (χ0n) is 7.97. The molecule has 0 fully saturated rings. The van der Waals surface area contributed by atoms with Gasteiger partial charge < -0.3 is 4.74 Å². The van der Waals surface area contributed by atoms with Gasteiger partial charge in [0.05, 0.1) is 0 Å². The van der Waals surface area contributed by atoms with E-state index in [4.69, 9.17) is 0 Å². The van der Waals surface area contributed by atoms with Crippen molar-refractivity contribution in [3.05, 3.63) is 35.4 Å². The van der Waals surface area contributed by atoms with Crippen LogP contribution in [0.15, 0.2) is 24.3 Å². The lowest BCUT2D eigenvalue weighted by atomic mass is 10.1. The van der Waals surface area contributed by atoms with Gasteiger partial charge in [-0.3, -0.25) is 0 Å². The molecule has 0 aliphatic carbocycles. The maximum Gasteiger partial charge on any atom is 0.490 e. The average Bonchev–Trinajstić information content (AvgIpc) is 2.14. The fourth-order valence-electron chi connectivity index (χ4n) is 0.997. The molecule has 0 heterocycles. The van der Waals surface area contributed by atoms with Gasteiger partial charge in [0.25, 0.3) is 0 Å². The molecule has 0 N–H and O–H groups in total. The molecule has 0 unspecified atom stereocenters. The largest absolute Gasteiger partial charge is 0.490 e. The first-order chi connectivity index (χ1) is 6.91. The van der Waals surface area contributed by atoms with Crippen molar-refractivity contribution >= 4 is 5.97 Å². The van der Waals surface area contributed by atoms with E-state index in [2.05, 4.69) is 4.74 Å². The summed E-state index contributed by atoms with van der Waals surface area (Å²) >= 11 is 0. The minimum Gasteiger partial charge on any atom is -0.454 e. The molecule has 82 valence electrons. The van der Waals surface area contributed by atoms with Crippen molar-refractivity contribution < 1.29 is 22.7 Å². The number of alkyl halides is 3. The van der Waals surface area contributed by atoms with Crippen molar-refractivity contribution in [2.75, 3.05) is 0 Å². The van der Waals surface area contributed by atoms with Crippen molar-refractivity contribution in [3.63, 3.8) is 0 Å². The van der Waals surface area contributed by atoms with Gasteiger partial charge in [-0.2, -0.15) is 13.2 Å². The SMILES string of the molecule is Cc1ccccc1COC(=O)C(F)(F)F. The van der Waals surface area contributed by atoms with E-state index in [-0.39, 0.29) is 6.61 Å². The lowest BCUT2D eigenvalue weighted by molar-refractivity contribution is -0.201.